The number of aromatic nitrogens is 1. The molecule has 29 heavy (non-hydrogen) atoms. The second-order valence-electron chi connectivity index (χ2n) is 7.10. The van der Waals surface area contributed by atoms with Crippen LogP contribution in [0.5, 0.6) is 17.2 Å². The van der Waals surface area contributed by atoms with Gasteiger partial charge in [-0.3, -0.25) is 9.69 Å². The maximum absolute atomic E-state index is 13.4. The summed E-state index contributed by atoms with van der Waals surface area (Å²) in [6.07, 6.45) is 0. The van der Waals surface area contributed by atoms with Crippen molar-refractivity contribution in [1.82, 2.24) is 4.98 Å². The van der Waals surface area contributed by atoms with Crippen LogP contribution in [-0.4, -0.2) is 58.4 Å². The zero-order chi connectivity index (χ0) is 20.4. The summed E-state index contributed by atoms with van der Waals surface area (Å²) in [6.45, 7) is 2.37. The van der Waals surface area contributed by atoms with E-state index in [1.165, 1.54) is 16.2 Å². The van der Waals surface area contributed by atoms with Crippen LogP contribution in [0, 0.1) is 0 Å². The molecule has 1 N–H and O–H groups in total. The first-order valence-electron chi connectivity index (χ1n) is 9.50. The normalized spacial score (nSPS) is 13.0. The van der Waals surface area contributed by atoms with Gasteiger partial charge in [0, 0.05) is 11.6 Å². The van der Waals surface area contributed by atoms with Gasteiger partial charge in [0.2, 0.25) is 0 Å². The molecular weight excluding hydrogens is 390 g/mol. The number of amides is 1. The first-order valence-corrected chi connectivity index (χ1v) is 10.3. The number of carbonyl (C=O) groups excluding carboxylic acids is 1. The zero-order valence-electron chi connectivity index (χ0n) is 16.7. The Morgan fingerprint density at radius 3 is 2.72 bits per heavy atom. The molecule has 8 heteroatoms. The molecule has 0 fully saturated rings. The highest BCUT2D eigenvalue weighted by molar-refractivity contribution is 7.22. The van der Waals surface area contributed by atoms with Crippen molar-refractivity contribution in [3.63, 3.8) is 0 Å². The molecule has 2 aromatic carbocycles. The monoisotopic (exact) mass is 414 g/mol. The number of nitrogens with zero attached hydrogens (tertiary/aromatic N) is 2. The molecular formula is C21H24N3O4S+. The number of thiazole rings is 1. The second-order valence-corrected chi connectivity index (χ2v) is 8.11. The molecule has 0 bridgehead atoms. The van der Waals surface area contributed by atoms with Gasteiger partial charge in [0.15, 0.2) is 16.6 Å². The summed E-state index contributed by atoms with van der Waals surface area (Å²) in [5, 5.41) is 0.675. The van der Waals surface area contributed by atoms with Crippen LogP contribution in [0.4, 0.5) is 5.13 Å². The fourth-order valence-corrected chi connectivity index (χ4v) is 4.06. The fourth-order valence-electron chi connectivity index (χ4n) is 3.09. The Kier molecular flexibility index (Phi) is 5.55. The summed E-state index contributed by atoms with van der Waals surface area (Å²) in [4.78, 5) is 21.1. The number of likely N-dealkylation sites (N-methyl/N-ethyl adjacent to an activating group) is 1. The number of carbonyl (C=O) groups is 1. The average Bonchev–Trinajstić information content (AvgIpc) is 3.15. The molecule has 2 heterocycles. The molecule has 7 nitrogen and oxygen atoms in total. The number of nitrogens with one attached hydrogen (secondary N) is 1. The quantitative estimate of drug-likeness (QED) is 0.667. The van der Waals surface area contributed by atoms with Gasteiger partial charge < -0.3 is 19.1 Å². The Bertz CT molecular complexity index is 1030. The standard InChI is InChI=1S/C21H23N3O4S/c1-23(2)8-9-24(21-22-16-13-15(26-3)5-7-19(16)29-21)20(25)14-4-6-17-18(12-14)28-11-10-27-17/h4-7,12-13H,8-11H2,1-3H3/p+1. The van der Waals surface area contributed by atoms with E-state index in [-0.39, 0.29) is 5.91 Å². The molecule has 0 spiro atoms. The van der Waals surface area contributed by atoms with E-state index >= 15 is 0 Å². The Labute approximate surface area is 173 Å². The number of fused-ring (bicyclic) bond motifs is 2. The number of ether oxygens (including phenoxy) is 3. The smallest absolute Gasteiger partial charge is 0.260 e. The summed E-state index contributed by atoms with van der Waals surface area (Å²) in [6, 6.07) is 11.1. The lowest BCUT2D eigenvalue weighted by Gasteiger charge is -2.22. The Morgan fingerprint density at radius 1 is 1.17 bits per heavy atom. The van der Waals surface area contributed by atoms with Crippen molar-refractivity contribution >= 4 is 32.6 Å². The zero-order valence-corrected chi connectivity index (χ0v) is 17.5. The molecule has 1 aliphatic heterocycles. The summed E-state index contributed by atoms with van der Waals surface area (Å²) >= 11 is 1.50. The van der Waals surface area contributed by atoms with E-state index < -0.39 is 0 Å². The van der Waals surface area contributed by atoms with Crippen LogP contribution in [0.1, 0.15) is 10.4 Å². The van der Waals surface area contributed by atoms with Gasteiger partial charge in [-0.15, -0.1) is 0 Å². The second kappa shape index (κ2) is 8.26. The maximum Gasteiger partial charge on any atom is 0.260 e. The van der Waals surface area contributed by atoms with Crippen molar-refractivity contribution in [2.24, 2.45) is 0 Å². The summed E-state index contributed by atoms with van der Waals surface area (Å²) in [5.41, 5.74) is 1.38. The van der Waals surface area contributed by atoms with Crippen LogP contribution >= 0.6 is 11.3 Å². The van der Waals surface area contributed by atoms with Crippen LogP contribution in [0.3, 0.4) is 0 Å². The van der Waals surface area contributed by atoms with Crippen molar-refractivity contribution in [1.29, 1.82) is 0 Å². The maximum atomic E-state index is 13.4. The minimum absolute atomic E-state index is 0.103. The van der Waals surface area contributed by atoms with E-state index in [2.05, 4.69) is 14.1 Å². The lowest BCUT2D eigenvalue weighted by atomic mass is 10.1. The molecule has 4 rings (SSSR count). The summed E-state index contributed by atoms with van der Waals surface area (Å²) in [7, 11) is 5.76. The molecule has 1 aromatic heterocycles. The largest absolute Gasteiger partial charge is 0.497 e. The average molecular weight is 415 g/mol. The minimum Gasteiger partial charge on any atom is -0.497 e. The van der Waals surface area contributed by atoms with Gasteiger partial charge in [-0.25, -0.2) is 4.98 Å². The van der Waals surface area contributed by atoms with E-state index in [4.69, 9.17) is 19.2 Å². The highest BCUT2D eigenvalue weighted by Crippen LogP contribution is 2.34. The molecule has 0 saturated carbocycles. The molecule has 152 valence electrons. The van der Waals surface area contributed by atoms with Gasteiger partial charge >= 0.3 is 0 Å². The predicted octanol–water partition coefficient (Wildman–Crippen LogP) is 1.87. The van der Waals surface area contributed by atoms with Crippen LogP contribution in [0.25, 0.3) is 10.2 Å². The molecule has 0 unspecified atom stereocenters. The van der Waals surface area contributed by atoms with E-state index in [1.54, 1.807) is 30.2 Å². The third-order valence-electron chi connectivity index (χ3n) is 4.68. The van der Waals surface area contributed by atoms with Crippen molar-refractivity contribution in [3.8, 4) is 17.2 Å². The van der Waals surface area contributed by atoms with Crippen LogP contribution in [0.15, 0.2) is 36.4 Å². The topological polar surface area (TPSA) is 65.3 Å². The van der Waals surface area contributed by atoms with Gasteiger partial charge in [-0.05, 0) is 30.3 Å². The Hall–Kier alpha value is -2.84. The number of rotatable bonds is 6. The van der Waals surface area contributed by atoms with Crippen molar-refractivity contribution in [2.75, 3.05) is 52.4 Å². The van der Waals surface area contributed by atoms with Gasteiger partial charge in [0.05, 0.1) is 44.5 Å². The number of quaternary nitrogens is 1. The van der Waals surface area contributed by atoms with Crippen LogP contribution in [0.2, 0.25) is 0 Å². The lowest BCUT2D eigenvalue weighted by Crippen LogP contribution is -3.06. The first kappa shape index (κ1) is 19.5. The van der Waals surface area contributed by atoms with Crippen molar-refractivity contribution < 1.29 is 23.9 Å². The Morgan fingerprint density at radius 2 is 1.97 bits per heavy atom. The number of hydrogen-bond donors (Lipinski definition) is 1. The number of benzene rings is 2. The van der Waals surface area contributed by atoms with Gasteiger partial charge in [-0.2, -0.15) is 0 Å². The molecule has 0 radical (unpaired) electrons. The molecule has 1 amide bonds. The van der Waals surface area contributed by atoms with Crippen LogP contribution < -0.4 is 24.0 Å². The van der Waals surface area contributed by atoms with Crippen LogP contribution in [-0.2, 0) is 0 Å². The van der Waals surface area contributed by atoms with Crippen molar-refractivity contribution in [3.05, 3.63) is 42.0 Å². The lowest BCUT2D eigenvalue weighted by molar-refractivity contribution is -0.856. The van der Waals surface area contributed by atoms with Gasteiger partial charge in [0.25, 0.3) is 5.91 Å². The fraction of sp³-hybridized carbons (Fsp3) is 0.333. The molecule has 0 atom stereocenters. The minimum atomic E-state index is -0.103. The first-order chi connectivity index (χ1) is 14.0. The molecule has 3 aromatic rings. The molecule has 1 aliphatic rings. The highest BCUT2D eigenvalue weighted by Gasteiger charge is 2.24. The van der Waals surface area contributed by atoms with E-state index in [9.17, 15) is 4.79 Å². The summed E-state index contributed by atoms with van der Waals surface area (Å²) in [5.74, 6) is 1.92. The van der Waals surface area contributed by atoms with Gasteiger partial charge in [-0.1, -0.05) is 11.3 Å². The van der Waals surface area contributed by atoms with E-state index in [0.29, 0.717) is 42.0 Å². The number of hydrogen-bond acceptors (Lipinski definition) is 6. The highest BCUT2D eigenvalue weighted by atomic mass is 32.1. The predicted molar refractivity (Wildman–Crippen MR) is 113 cm³/mol. The van der Waals surface area contributed by atoms with Crippen molar-refractivity contribution in [2.45, 2.75) is 0 Å². The number of methoxy groups -OCH3 is 1. The molecule has 0 aliphatic carbocycles. The van der Waals surface area contributed by atoms with E-state index in [1.807, 2.05) is 18.2 Å². The molecule has 0 saturated heterocycles. The number of anilines is 1. The third-order valence-corrected chi connectivity index (χ3v) is 5.74. The summed E-state index contributed by atoms with van der Waals surface area (Å²) < 4.78 is 17.5. The SMILES string of the molecule is COc1ccc2sc(N(CC[NH+](C)C)C(=O)c3ccc4c(c3)OCCO4)nc2c1. The van der Waals surface area contributed by atoms with Gasteiger partial charge in [0.1, 0.15) is 19.0 Å². The third kappa shape index (κ3) is 4.13. The Balaban J connectivity index is 1.68. The van der Waals surface area contributed by atoms with E-state index in [0.717, 1.165) is 22.5 Å².